The molecule has 1 N–H and O–H groups in total. The van der Waals surface area contributed by atoms with Crippen molar-refractivity contribution >= 4 is 33.0 Å². The van der Waals surface area contributed by atoms with Crippen molar-refractivity contribution in [2.75, 3.05) is 16.2 Å². The highest BCUT2D eigenvalue weighted by molar-refractivity contribution is 7.92. The van der Waals surface area contributed by atoms with Crippen LogP contribution < -0.4 is 9.62 Å². The Bertz CT molecular complexity index is 925. The Hall–Kier alpha value is -2.94. The first kappa shape index (κ1) is 16.9. The molecule has 1 amide bonds. The topological polar surface area (TPSA) is 110 Å². The number of rotatable bonds is 5. The molecule has 0 saturated carbocycles. The summed E-state index contributed by atoms with van der Waals surface area (Å²) < 4.78 is 27.3. The maximum absolute atomic E-state index is 12.4. The number of sulfonamides is 1. The minimum atomic E-state index is -3.89. The van der Waals surface area contributed by atoms with Gasteiger partial charge in [-0.3, -0.25) is 19.6 Å². The van der Waals surface area contributed by atoms with Gasteiger partial charge in [-0.05, 0) is 36.8 Å². The first-order valence-electron chi connectivity index (χ1n) is 7.54. The zero-order valence-electron chi connectivity index (χ0n) is 13.1. The van der Waals surface area contributed by atoms with E-state index >= 15 is 0 Å². The fourth-order valence-electron chi connectivity index (χ4n) is 2.62. The number of non-ortho nitro benzene ring substituents is 1. The number of hydrogen-bond donors (Lipinski definition) is 1. The lowest BCUT2D eigenvalue weighted by atomic mass is 10.2. The van der Waals surface area contributed by atoms with Crippen molar-refractivity contribution in [1.29, 1.82) is 0 Å². The summed E-state index contributed by atoms with van der Waals surface area (Å²) in [5.74, 6) is 0.00961. The molecule has 0 radical (unpaired) electrons. The molecule has 1 aliphatic rings. The molecule has 130 valence electrons. The second-order valence-corrected chi connectivity index (χ2v) is 7.24. The van der Waals surface area contributed by atoms with E-state index in [2.05, 4.69) is 4.72 Å². The average Bonchev–Trinajstić information content (AvgIpc) is 3.01. The summed E-state index contributed by atoms with van der Waals surface area (Å²) in [4.78, 5) is 23.4. The number of nitrogens with one attached hydrogen (secondary N) is 1. The molecule has 9 heteroatoms. The molecule has 2 aromatic carbocycles. The van der Waals surface area contributed by atoms with Gasteiger partial charge in [0.15, 0.2) is 0 Å². The molecule has 0 unspecified atom stereocenters. The first-order chi connectivity index (χ1) is 11.9. The minimum absolute atomic E-state index is 0.00961. The molecule has 3 rings (SSSR count). The fraction of sp³-hybridized carbons (Fsp3) is 0.188. The van der Waals surface area contributed by atoms with E-state index in [0.717, 1.165) is 18.6 Å². The Balaban J connectivity index is 1.83. The second-order valence-electron chi connectivity index (χ2n) is 5.56. The quantitative estimate of drug-likeness (QED) is 0.650. The monoisotopic (exact) mass is 361 g/mol. The smallest absolute Gasteiger partial charge is 0.269 e. The number of anilines is 2. The van der Waals surface area contributed by atoms with Crippen LogP contribution in [0.5, 0.6) is 0 Å². The summed E-state index contributed by atoms with van der Waals surface area (Å²) in [6, 6.07) is 11.2. The van der Waals surface area contributed by atoms with Gasteiger partial charge in [-0.2, -0.15) is 0 Å². The molecule has 0 aliphatic carbocycles. The molecular formula is C16H15N3O5S. The van der Waals surface area contributed by atoms with Crippen LogP contribution >= 0.6 is 0 Å². The van der Waals surface area contributed by atoms with Crippen molar-refractivity contribution in [3.8, 4) is 0 Å². The van der Waals surface area contributed by atoms with E-state index in [9.17, 15) is 23.3 Å². The van der Waals surface area contributed by atoms with Gasteiger partial charge in [0, 0.05) is 30.8 Å². The Kier molecular flexibility index (Phi) is 4.41. The second kappa shape index (κ2) is 6.52. The Morgan fingerprint density at radius 3 is 2.44 bits per heavy atom. The summed E-state index contributed by atoms with van der Waals surface area (Å²) in [6.45, 7) is 0.609. The average molecular weight is 361 g/mol. The SMILES string of the molecule is O=C1CCCN1c1cccc(NS(=O)(=O)c2ccc([N+](=O)[O-])cc2)c1. The van der Waals surface area contributed by atoms with Crippen LogP contribution in [-0.4, -0.2) is 25.8 Å². The summed E-state index contributed by atoms with van der Waals surface area (Å²) in [5, 5.41) is 10.7. The van der Waals surface area contributed by atoms with E-state index in [1.165, 1.54) is 12.1 Å². The molecule has 0 spiro atoms. The van der Waals surface area contributed by atoms with E-state index in [1.54, 1.807) is 29.2 Å². The van der Waals surface area contributed by atoms with Gasteiger partial charge in [0.05, 0.1) is 15.5 Å². The van der Waals surface area contributed by atoms with Gasteiger partial charge in [0.25, 0.3) is 15.7 Å². The number of hydrogen-bond acceptors (Lipinski definition) is 5. The summed E-state index contributed by atoms with van der Waals surface area (Å²) >= 11 is 0. The van der Waals surface area contributed by atoms with Gasteiger partial charge >= 0.3 is 0 Å². The van der Waals surface area contributed by atoms with Crippen LogP contribution in [0, 0.1) is 10.1 Å². The van der Waals surface area contributed by atoms with Crippen molar-refractivity contribution in [3.63, 3.8) is 0 Å². The largest absolute Gasteiger partial charge is 0.312 e. The van der Waals surface area contributed by atoms with Gasteiger partial charge in [0.1, 0.15) is 0 Å². The minimum Gasteiger partial charge on any atom is -0.312 e. The third-order valence-electron chi connectivity index (χ3n) is 3.84. The standard InChI is InChI=1S/C16H15N3O5S/c20-16-5-2-10-18(16)14-4-1-3-12(11-14)17-25(23,24)15-8-6-13(7-9-15)19(21)22/h1,3-4,6-9,11,17H,2,5,10H2. The number of nitro groups is 1. The van der Waals surface area contributed by atoms with Crippen LogP contribution in [0.15, 0.2) is 53.4 Å². The number of amides is 1. The van der Waals surface area contributed by atoms with Gasteiger partial charge in [0.2, 0.25) is 5.91 Å². The van der Waals surface area contributed by atoms with Crippen molar-refractivity contribution < 1.29 is 18.1 Å². The van der Waals surface area contributed by atoms with E-state index in [1.807, 2.05) is 0 Å². The zero-order chi connectivity index (χ0) is 18.0. The van der Waals surface area contributed by atoms with Crippen molar-refractivity contribution in [2.24, 2.45) is 0 Å². The van der Waals surface area contributed by atoms with Crippen LogP contribution in [0.3, 0.4) is 0 Å². The van der Waals surface area contributed by atoms with Crippen LogP contribution in [0.1, 0.15) is 12.8 Å². The zero-order valence-corrected chi connectivity index (χ0v) is 13.9. The van der Waals surface area contributed by atoms with Gasteiger partial charge in [-0.1, -0.05) is 6.07 Å². The summed E-state index contributed by atoms with van der Waals surface area (Å²) in [7, 11) is -3.89. The van der Waals surface area contributed by atoms with Crippen molar-refractivity contribution in [2.45, 2.75) is 17.7 Å². The third kappa shape index (κ3) is 3.61. The van der Waals surface area contributed by atoms with Gasteiger partial charge in [-0.15, -0.1) is 0 Å². The van der Waals surface area contributed by atoms with Crippen LogP contribution in [0.25, 0.3) is 0 Å². The molecule has 0 bridgehead atoms. The highest BCUT2D eigenvalue weighted by Gasteiger charge is 2.22. The normalized spacial score (nSPS) is 14.6. The number of benzene rings is 2. The predicted molar refractivity (Wildman–Crippen MR) is 91.9 cm³/mol. The highest BCUT2D eigenvalue weighted by atomic mass is 32.2. The Morgan fingerprint density at radius 1 is 1.12 bits per heavy atom. The lowest BCUT2D eigenvalue weighted by Gasteiger charge is -2.17. The number of nitro benzene ring substituents is 1. The first-order valence-corrected chi connectivity index (χ1v) is 9.03. The molecule has 8 nitrogen and oxygen atoms in total. The van der Waals surface area contributed by atoms with Gasteiger partial charge in [-0.25, -0.2) is 8.42 Å². The highest BCUT2D eigenvalue weighted by Crippen LogP contribution is 2.26. The van der Waals surface area contributed by atoms with E-state index in [-0.39, 0.29) is 16.5 Å². The summed E-state index contributed by atoms with van der Waals surface area (Å²) in [6.07, 6.45) is 1.26. The van der Waals surface area contributed by atoms with Crippen LogP contribution in [0.2, 0.25) is 0 Å². The number of nitrogens with zero attached hydrogens (tertiary/aromatic N) is 2. The van der Waals surface area contributed by atoms with Crippen LogP contribution in [-0.2, 0) is 14.8 Å². The lowest BCUT2D eigenvalue weighted by molar-refractivity contribution is -0.384. The van der Waals surface area contributed by atoms with Gasteiger partial charge < -0.3 is 4.90 Å². The van der Waals surface area contributed by atoms with Crippen molar-refractivity contribution in [1.82, 2.24) is 0 Å². The maximum atomic E-state index is 12.4. The number of carbonyl (C=O) groups excluding carboxylic acids is 1. The lowest BCUT2D eigenvalue weighted by Crippen LogP contribution is -2.23. The molecule has 0 atom stereocenters. The van der Waals surface area contributed by atoms with E-state index < -0.39 is 14.9 Å². The molecule has 1 saturated heterocycles. The molecular weight excluding hydrogens is 346 g/mol. The molecule has 1 fully saturated rings. The Morgan fingerprint density at radius 2 is 1.84 bits per heavy atom. The molecule has 1 heterocycles. The number of carbonyl (C=O) groups is 1. The van der Waals surface area contributed by atoms with Crippen LogP contribution in [0.4, 0.5) is 17.1 Å². The van der Waals surface area contributed by atoms with E-state index in [0.29, 0.717) is 24.3 Å². The Labute approximate surface area is 144 Å². The fourth-order valence-corrected chi connectivity index (χ4v) is 3.67. The van der Waals surface area contributed by atoms with E-state index in [4.69, 9.17) is 0 Å². The maximum Gasteiger partial charge on any atom is 0.269 e. The molecule has 0 aromatic heterocycles. The summed E-state index contributed by atoms with van der Waals surface area (Å²) in [5.41, 5.74) is 0.760. The molecule has 25 heavy (non-hydrogen) atoms. The predicted octanol–water partition coefficient (Wildman–Crippen LogP) is 2.52. The molecule has 1 aliphatic heterocycles. The van der Waals surface area contributed by atoms with Crippen molar-refractivity contribution in [3.05, 3.63) is 58.6 Å². The third-order valence-corrected chi connectivity index (χ3v) is 5.24. The molecule has 2 aromatic rings.